The van der Waals surface area contributed by atoms with Crippen LogP contribution in [0, 0.1) is 5.95 Å². The van der Waals surface area contributed by atoms with Gasteiger partial charge < -0.3 is 10.8 Å². The van der Waals surface area contributed by atoms with Crippen molar-refractivity contribution in [3.8, 4) is 0 Å². The van der Waals surface area contributed by atoms with Crippen molar-refractivity contribution in [1.82, 2.24) is 4.98 Å². The van der Waals surface area contributed by atoms with Crippen LogP contribution in [0.15, 0.2) is 18.3 Å². The predicted molar refractivity (Wildman–Crippen MR) is 47.4 cm³/mol. The third kappa shape index (κ3) is 2.47. The zero-order valence-corrected chi connectivity index (χ0v) is 7.44. The molecule has 0 fully saturated rings. The highest BCUT2D eigenvalue weighted by Crippen LogP contribution is 2.16. The maximum Gasteiger partial charge on any atom is 0.212 e. The Bertz CT molecular complexity index is 263. The van der Waals surface area contributed by atoms with Crippen LogP contribution in [0.4, 0.5) is 4.39 Å². The van der Waals surface area contributed by atoms with Crippen molar-refractivity contribution in [1.29, 1.82) is 0 Å². The van der Waals surface area contributed by atoms with E-state index in [1.165, 1.54) is 18.3 Å². The zero-order chi connectivity index (χ0) is 9.84. The number of aliphatic hydroxyl groups is 1. The van der Waals surface area contributed by atoms with E-state index in [1.54, 1.807) is 0 Å². The first-order chi connectivity index (χ1) is 6.15. The molecule has 1 aromatic rings. The third-order valence-corrected chi connectivity index (χ3v) is 1.97. The third-order valence-electron chi connectivity index (χ3n) is 1.97. The smallest absolute Gasteiger partial charge is 0.212 e. The molecule has 0 aliphatic carbocycles. The number of rotatable bonds is 3. The van der Waals surface area contributed by atoms with Crippen LogP contribution < -0.4 is 5.73 Å². The van der Waals surface area contributed by atoms with E-state index in [1.807, 2.05) is 6.92 Å². The zero-order valence-electron chi connectivity index (χ0n) is 7.44. The Balaban J connectivity index is 2.77. The molecular weight excluding hydrogens is 171 g/mol. The van der Waals surface area contributed by atoms with Gasteiger partial charge in [0, 0.05) is 17.8 Å². The molecular formula is C9H13FN2O. The molecule has 0 radical (unpaired) electrons. The van der Waals surface area contributed by atoms with E-state index in [2.05, 4.69) is 4.98 Å². The summed E-state index contributed by atoms with van der Waals surface area (Å²) in [7, 11) is 0. The van der Waals surface area contributed by atoms with E-state index in [-0.39, 0.29) is 6.04 Å². The molecule has 0 aliphatic heterocycles. The lowest BCUT2D eigenvalue weighted by molar-refractivity contribution is 0.144. The Morgan fingerprint density at radius 1 is 1.62 bits per heavy atom. The molecule has 3 nitrogen and oxygen atoms in total. The summed E-state index contributed by atoms with van der Waals surface area (Å²) >= 11 is 0. The summed E-state index contributed by atoms with van der Waals surface area (Å²) in [5.74, 6) is -0.555. The Morgan fingerprint density at radius 3 is 2.77 bits per heavy atom. The van der Waals surface area contributed by atoms with Crippen LogP contribution in [0.5, 0.6) is 0 Å². The van der Waals surface area contributed by atoms with E-state index in [0.29, 0.717) is 12.0 Å². The van der Waals surface area contributed by atoms with Gasteiger partial charge in [-0.25, -0.2) is 4.98 Å². The molecule has 1 rings (SSSR count). The van der Waals surface area contributed by atoms with Crippen LogP contribution in [-0.4, -0.2) is 16.1 Å². The van der Waals surface area contributed by atoms with Crippen LogP contribution in [0.3, 0.4) is 0 Å². The van der Waals surface area contributed by atoms with Gasteiger partial charge in [-0.05, 0) is 12.5 Å². The fourth-order valence-corrected chi connectivity index (χ4v) is 1.03. The largest absolute Gasteiger partial charge is 0.387 e. The fourth-order valence-electron chi connectivity index (χ4n) is 1.03. The second kappa shape index (κ2) is 4.30. The summed E-state index contributed by atoms with van der Waals surface area (Å²) in [6.07, 6.45) is 1.20. The highest BCUT2D eigenvalue weighted by Gasteiger charge is 2.14. The SMILES string of the molecule is CC[C@H](N)[C@@H](O)c1ccc(F)nc1. The number of nitrogens with zero attached hydrogens (tertiary/aromatic N) is 1. The van der Waals surface area contributed by atoms with Crippen molar-refractivity contribution < 1.29 is 9.50 Å². The topological polar surface area (TPSA) is 59.1 Å². The van der Waals surface area contributed by atoms with E-state index in [9.17, 15) is 9.50 Å². The van der Waals surface area contributed by atoms with Crippen molar-refractivity contribution >= 4 is 0 Å². The van der Waals surface area contributed by atoms with E-state index >= 15 is 0 Å². The average molecular weight is 184 g/mol. The summed E-state index contributed by atoms with van der Waals surface area (Å²) in [6, 6.07) is 2.37. The molecule has 0 spiro atoms. The first kappa shape index (κ1) is 10.1. The van der Waals surface area contributed by atoms with E-state index < -0.39 is 12.1 Å². The second-order valence-corrected chi connectivity index (χ2v) is 2.93. The van der Waals surface area contributed by atoms with Crippen molar-refractivity contribution in [2.75, 3.05) is 0 Å². The molecule has 0 saturated carbocycles. The van der Waals surface area contributed by atoms with Gasteiger partial charge in [-0.3, -0.25) is 0 Å². The minimum Gasteiger partial charge on any atom is -0.387 e. The van der Waals surface area contributed by atoms with Gasteiger partial charge in [-0.2, -0.15) is 4.39 Å². The highest BCUT2D eigenvalue weighted by atomic mass is 19.1. The van der Waals surface area contributed by atoms with E-state index in [0.717, 1.165) is 0 Å². The fraction of sp³-hybridized carbons (Fsp3) is 0.444. The number of hydrogen-bond donors (Lipinski definition) is 2. The molecule has 4 heteroatoms. The number of aliphatic hydroxyl groups excluding tert-OH is 1. The van der Waals surface area contributed by atoms with E-state index in [4.69, 9.17) is 5.73 Å². The molecule has 1 aromatic heterocycles. The van der Waals surface area contributed by atoms with Crippen LogP contribution in [-0.2, 0) is 0 Å². The van der Waals surface area contributed by atoms with Gasteiger partial charge in [-0.15, -0.1) is 0 Å². The predicted octanol–water partition coefficient (Wildman–Crippen LogP) is 0.991. The minimum absolute atomic E-state index is 0.327. The number of hydrogen-bond acceptors (Lipinski definition) is 3. The monoisotopic (exact) mass is 184 g/mol. The van der Waals surface area contributed by atoms with Gasteiger partial charge in [0.05, 0.1) is 6.10 Å². The number of nitrogens with two attached hydrogens (primary N) is 1. The highest BCUT2D eigenvalue weighted by molar-refractivity contribution is 5.14. The van der Waals surface area contributed by atoms with Crippen LogP contribution in [0.25, 0.3) is 0 Å². The average Bonchev–Trinajstić information content (AvgIpc) is 2.17. The van der Waals surface area contributed by atoms with Gasteiger partial charge >= 0.3 is 0 Å². The van der Waals surface area contributed by atoms with Crippen molar-refractivity contribution in [2.45, 2.75) is 25.5 Å². The molecule has 0 saturated heterocycles. The summed E-state index contributed by atoms with van der Waals surface area (Å²) < 4.78 is 12.4. The lowest BCUT2D eigenvalue weighted by atomic mass is 10.0. The second-order valence-electron chi connectivity index (χ2n) is 2.93. The molecule has 0 bridgehead atoms. The molecule has 3 N–H and O–H groups in total. The normalized spacial score (nSPS) is 15.4. The van der Waals surface area contributed by atoms with Gasteiger partial charge in [0.2, 0.25) is 5.95 Å². The Hall–Kier alpha value is -1.00. The number of pyridine rings is 1. The summed E-state index contributed by atoms with van der Waals surface area (Å²) in [5, 5.41) is 9.59. The summed E-state index contributed by atoms with van der Waals surface area (Å²) in [5.41, 5.74) is 6.17. The van der Waals surface area contributed by atoms with Crippen LogP contribution in [0.1, 0.15) is 25.0 Å². The van der Waals surface area contributed by atoms with Gasteiger partial charge in [0.25, 0.3) is 0 Å². The molecule has 13 heavy (non-hydrogen) atoms. The van der Waals surface area contributed by atoms with Crippen molar-refractivity contribution in [2.24, 2.45) is 5.73 Å². The standard InChI is InChI=1S/C9H13FN2O/c1-2-7(11)9(13)6-3-4-8(10)12-5-6/h3-5,7,9,13H,2,11H2,1H3/t7-,9-/m0/s1. The molecule has 1 heterocycles. The maximum atomic E-state index is 12.4. The summed E-state index contributed by atoms with van der Waals surface area (Å²) in [6.45, 7) is 1.88. The van der Waals surface area contributed by atoms with Gasteiger partial charge in [0.1, 0.15) is 0 Å². The first-order valence-corrected chi connectivity index (χ1v) is 4.20. The quantitative estimate of drug-likeness (QED) is 0.689. The minimum atomic E-state index is -0.766. The Morgan fingerprint density at radius 2 is 2.31 bits per heavy atom. The Labute approximate surface area is 76.4 Å². The van der Waals surface area contributed by atoms with Crippen LogP contribution >= 0.6 is 0 Å². The Kier molecular flexibility index (Phi) is 3.33. The number of aromatic nitrogens is 1. The van der Waals surface area contributed by atoms with Crippen LogP contribution in [0.2, 0.25) is 0 Å². The molecule has 0 unspecified atom stereocenters. The van der Waals surface area contributed by atoms with Crippen molar-refractivity contribution in [3.05, 3.63) is 29.8 Å². The lowest BCUT2D eigenvalue weighted by Gasteiger charge is -2.16. The molecule has 0 aromatic carbocycles. The number of halogens is 1. The lowest BCUT2D eigenvalue weighted by Crippen LogP contribution is -2.27. The first-order valence-electron chi connectivity index (χ1n) is 4.20. The molecule has 2 atom stereocenters. The van der Waals surface area contributed by atoms with Crippen molar-refractivity contribution in [3.63, 3.8) is 0 Å². The molecule has 0 amide bonds. The summed E-state index contributed by atoms with van der Waals surface area (Å²) in [4.78, 5) is 3.43. The maximum absolute atomic E-state index is 12.4. The van der Waals surface area contributed by atoms with Gasteiger partial charge in [-0.1, -0.05) is 13.0 Å². The molecule has 0 aliphatic rings. The molecule has 72 valence electrons. The van der Waals surface area contributed by atoms with Gasteiger partial charge in [0.15, 0.2) is 0 Å².